The number of piperidine rings is 1. The highest BCUT2D eigenvalue weighted by Gasteiger charge is 2.27. The number of hydrazine groups is 1. The molecule has 1 saturated heterocycles. The number of guanidine groups is 1. The van der Waals surface area contributed by atoms with Gasteiger partial charge in [0.25, 0.3) is 0 Å². The van der Waals surface area contributed by atoms with Crippen LogP contribution in [0, 0.1) is 34.9 Å². The first-order valence-electron chi connectivity index (χ1n) is 10.7. The zero-order valence-corrected chi connectivity index (χ0v) is 18.8. The molecule has 0 spiro atoms. The molecule has 0 saturated carbocycles. The average molecular weight is 436 g/mol. The van der Waals surface area contributed by atoms with E-state index in [1.54, 1.807) is 19.3 Å². The van der Waals surface area contributed by atoms with E-state index in [9.17, 15) is 4.39 Å². The van der Waals surface area contributed by atoms with E-state index in [-0.39, 0.29) is 17.5 Å². The van der Waals surface area contributed by atoms with Crippen molar-refractivity contribution in [3.63, 3.8) is 0 Å². The van der Waals surface area contributed by atoms with Gasteiger partial charge in [-0.15, -0.1) is 0 Å². The number of rotatable bonds is 3. The predicted octanol–water partition coefficient (Wildman–Crippen LogP) is 2.09. The first-order chi connectivity index (χ1) is 15.3. The van der Waals surface area contributed by atoms with Crippen molar-refractivity contribution in [3.05, 3.63) is 53.0 Å². The van der Waals surface area contributed by atoms with Crippen LogP contribution in [0.25, 0.3) is 5.70 Å². The molecule has 7 nitrogen and oxygen atoms in total. The van der Waals surface area contributed by atoms with Crippen molar-refractivity contribution in [2.45, 2.75) is 25.8 Å². The molecule has 0 bridgehead atoms. The summed E-state index contributed by atoms with van der Waals surface area (Å²) in [5, 5.41) is 10.6. The van der Waals surface area contributed by atoms with Gasteiger partial charge in [-0.3, -0.25) is 0 Å². The summed E-state index contributed by atoms with van der Waals surface area (Å²) < 4.78 is 14.4. The largest absolute Gasteiger partial charge is 0.342 e. The second kappa shape index (κ2) is 10.3. The molecule has 2 aliphatic rings. The van der Waals surface area contributed by atoms with Gasteiger partial charge >= 0.3 is 0 Å². The molecule has 1 aromatic rings. The molecule has 1 fully saturated rings. The number of benzene rings is 1. The van der Waals surface area contributed by atoms with Crippen molar-refractivity contribution in [1.29, 1.82) is 5.26 Å². The van der Waals surface area contributed by atoms with Gasteiger partial charge < -0.3 is 20.5 Å². The normalized spacial score (nSPS) is 18.2. The van der Waals surface area contributed by atoms with Crippen molar-refractivity contribution in [2.24, 2.45) is 22.5 Å². The second-order valence-electron chi connectivity index (χ2n) is 8.29. The Hall–Kier alpha value is -3.33. The van der Waals surface area contributed by atoms with Crippen LogP contribution < -0.4 is 11.6 Å². The van der Waals surface area contributed by atoms with E-state index in [2.05, 4.69) is 21.6 Å². The maximum absolute atomic E-state index is 14.4. The van der Waals surface area contributed by atoms with E-state index < -0.39 is 5.82 Å². The average Bonchev–Trinajstić information content (AvgIpc) is 2.77. The van der Waals surface area contributed by atoms with Gasteiger partial charge in [0.2, 0.25) is 5.96 Å². The fourth-order valence-electron chi connectivity index (χ4n) is 3.65. The number of nitrogens with two attached hydrogens (primary N) is 2. The van der Waals surface area contributed by atoms with E-state index >= 15 is 0 Å². The molecule has 3 rings (SSSR count). The summed E-state index contributed by atoms with van der Waals surface area (Å²) in [5.74, 6) is 12.3. The molecule has 0 radical (unpaired) electrons. The van der Waals surface area contributed by atoms with Crippen molar-refractivity contribution < 1.29 is 4.39 Å². The van der Waals surface area contributed by atoms with Crippen LogP contribution in [-0.2, 0) is 0 Å². The third-order valence-electron chi connectivity index (χ3n) is 5.48. The van der Waals surface area contributed by atoms with Crippen LogP contribution >= 0.6 is 0 Å². The Morgan fingerprint density at radius 2 is 2.06 bits per heavy atom. The van der Waals surface area contributed by atoms with E-state index in [4.69, 9.17) is 21.8 Å². The lowest BCUT2D eigenvalue weighted by atomic mass is 10.0. The number of likely N-dealkylation sites (N-methyl/N-ethyl adjacent to an activating group) is 1. The third-order valence-corrected chi connectivity index (χ3v) is 5.48. The smallest absolute Gasteiger partial charge is 0.201 e. The van der Waals surface area contributed by atoms with Crippen LogP contribution in [0.4, 0.5) is 4.39 Å². The summed E-state index contributed by atoms with van der Waals surface area (Å²) in [6.45, 7) is 4.19. The number of nitriles is 1. The van der Waals surface area contributed by atoms with Crippen LogP contribution in [0.15, 0.2) is 41.0 Å². The summed E-state index contributed by atoms with van der Waals surface area (Å²) in [5.41, 5.74) is 8.12. The SMILES string of the molecule is CC(C#CC1=C(c2ccc(C#N)c(F)c2)N=C(N2CCC(N)CC2)N(C)C1)/C=C\N(C)N. The molecule has 8 heteroatoms. The molecule has 4 N–H and O–H groups in total. The molecule has 1 aromatic carbocycles. The fourth-order valence-corrected chi connectivity index (χ4v) is 3.65. The van der Waals surface area contributed by atoms with Gasteiger partial charge in [0.05, 0.1) is 17.8 Å². The molecule has 0 aromatic heterocycles. The van der Waals surface area contributed by atoms with E-state index in [0.29, 0.717) is 17.8 Å². The topological polar surface area (TPSA) is 97.9 Å². The predicted molar refractivity (Wildman–Crippen MR) is 125 cm³/mol. The third kappa shape index (κ3) is 5.67. The van der Waals surface area contributed by atoms with Crippen LogP contribution in [0.3, 0.4) is 0 Å². The molecular formula is C24H30FN7. The molecule has 0 amide bonds. The Morgan fingerprint density at radius 3 is 2.69 bits per heavy atom. The number of aliphatic imine (C=N–C) groups is 1. The monoisotopic (exact) mass is 435 g/mol. The number of likely N-dealkylation sites (tertiary alicyclic amines) is 1. The first kappa shape index (κ1) is 23.3. The fraction of sp³-hybridized carbons (Fsp3) is 0.417. The van der Waals surface area contributed by atoms with E-state index in [0.717, 1.165) is 37.5 Å². The van der Waals surface area contributed by atoms with Gasteiger partial charge in [0, 0.05) is 56.5 Å². The number of halogens is 1. The summed E-state index contributed by atoms with van der Waals surface area (Å²) in [6.07, 6.45) is 5.48. The van der Waals surface area contributed by atoms with Gasteiger partial charge in [-0.05, 0) is 31.9 Å². The Morgan fingerprint density at radius 1 is 1.34 bits per heavy atom. The first-order valence-corrected chi connectivity index (χ1v) is 10.7. The number of allylic oxidation sites excluding steroid dienone is 1. The Kier molecular flexibility index (Phi) is 7.53. The van der Waals surface area contributed by atoms with Crippen molar-refractivity contribution in [3.8, 4) is 17.9 Å². The number of nitrogens with zero attached hydrogens (tertiary/aromatic N) is 5. The lowest BCUT2D eigenvalue weighted by Crippen LogP contribution is -2.50. The minimum absolute atomic E-state index is 0.00815. The Balaban J connectivity index is 2.03. The molecule has 168 valence electrons. The molecule has 2 aliphatic heterocycles. The van der Waals surface area contributed by atoms with Gasteiger partial charge in [0.1, 0.15) is 11.9 Å². The second-order valence-corrected chi connectivity index (χ2v) is 8.29. The lowest BCUT2D eigenvalue weighted by Gasteiger charge is -2.38. The van der Waals surface area contributed by atoms with E-state index in [1.807, 2.05) is 26.1 Å². The summed E-state index contributed by atoms with van der Waals surface area (Å²) >= 11 is 0. The molecule has 1 atom stereocenters. The molecular weight excluding hydrogens is 405 g/mol. The maximum Gasteiger partial charge on any atom is 0.201 e. The van der Waals surface area contributed by atoms with E-state index in [1.165, 1.54) is 17.1 Å². The molecule has 32 heavy (non-hydrogen) atoms. The van der Waals surface area contributed by atoms with Gasteiger partial charge in [-0.25, -0.2) is 15.2 Å². The van der Waals surface area contributed by atoms with Gasteiger partial charge in [-0.2, -0.15) is 5.26 Å². The van der Waals surface area contributed by atoms with Gasteiger partial charge in [-0.1, -0.05) is 24.0 Å². The van der Waals surface area contributed by atoms with Crippen molar-refractivity contribution in [1.82, 2.24) is 14.8 Å². The highest BCUT2D eigenvalue weighted by atomic mass is 19.1. The Labute approximate surface area is 189 Å². The van der Waals surface area contributed by atoms with Crippen molar-refractivity contribution in [2.75, 3.05) is 33.7 Å². The molecule has 1 unspecified atom stereocenters. The molecule has 0 aliphatic carbocycles. The summed E-state index contributed by atoms with van der Waals surface area (Å²) in [6, 6.07) is 6.65. The molecule has 2 heterocycles. The van der Waals surface area contributed by atoms with Crippen LogP contribution in [0.1, 0.15) is 30.9 Å². The summed E-state index contributed by atoms with van der Waals surface area (Å²) in [4.78, 5) is 9.21. The number of hydrogen-bond donors (Lipinski definition) is 2. The van der Waals surface area contributed by atoms with Crippen LogP contribution in [0.2, 0.25) is 0 Å². The van der Waals surface area contributed by atoms with Crippen LogP contribution in [-0.4, -0.2) is 60.5 Å². The highest BCUT2D eigenvalue weighted by Crippen LogP contribution is 2.28. The standard InChI is InChI=1S/C24H30FN7/c1-17(8-11-31(3)28)4-5-20-16-30(2)24(32-12-9-21(27)10-13-32)29-23(20)18-6-7-19(15-26)22(25)14-18/h6-8,11,14,17,21H,9-10,12-13,16,27-28H2,1-3H3/b11-8-. The Bertz CT molecular complexity index is 1030. The van der Waals surface area contributed by atoms with Crippen molar-refractivity contribution >= 4 is 11.7 Å². The van der Waals surface area contributed by atoms with Gasteiger partial charge in [0.15, 0.2) is 0 Å². The minimum Gasteiger partial charge on any atom is -0.342 e. The lowest BCUT2D eigenvalue weighted by molar-refractivity contribution is 0.281. The quantitative estimate of drug-likeness (QED) is 0.429. The highest BCUT2D eigenvalue weighted by molar-refractivity contribution is 5.91. The zero-order chi connectivity index (χ0) is 23.3. The minimum atomic E-state index is -0.563. The zero-order valence-electron chi connectivity index (χ0n) is 18.8. The van der Waals surface area contributed by atoms with Crippen LogP contribution in [0.5, 0.6) is 0 Å². The number of hydrogen-bond acceptors (Lipinski definition) is 7. The maximum atomic E-state index is 14.4. The summed E-state index contributed by atoms with van der Waals surface area (Å²) in [7, 11) is 3.73.